The van der Waals surface area contributed by atoms with Gasteiger partial charge in [-0.15, -0.1) is 0 Å². The molecular weight excluding hydrogens is 390 g/mol. The Morgan fingerprint density at radius 2 is 1.97 bits per heavy atom. The van der Waals surface area contributed by atoms with E-state index in [1.165, 1.54) is 18.9 Å². The maximum absolute atomic E-state index is 13.3. The number of nitrogens with zero attached hydrogens (tertiary/aromatic N) is 3. The van der Waals surface area contributed by atoms with Gasteiger partial charge in [-0.1, -0.05) is 35.1 Å². The topological polar surface area (TPSA) is 87.2 Å². The fraction of sp³-hybridized carbons (Fsp3) is 0.143. The van der Waals surface area contributed by atoms with Crippen molar-refractivity contribution in [3.63, 3.8) is 0 Å². The number of methoxy groups -OCH3 is 1. The average Bonchev–Trinajstić information content (AvgIpc) is 3.17. The number of aromatic nitrogens is 3. The first kappa shape index (κ1) is 18.9. The predicted molar refractivity (Wildman–Crippen MR) is 109 cm³/mol. The second kappa shape index (κ2) is 7.92. The molecule has 0 N–H and O–H groups in total. The standard InChI is InChI=1S/C21H17N3O4S/c1-13-10-15(23-28-13)12-29-21-22-18-11-14(20(26)27-2)8-9-17(18)19(25)24(21)16-6-4-3-5-7-16/h3-11H,12H2,1-2H3. The van der Waals surface area contributed by atoms with Crippen molar-refractivity contribution >= 4 is 28.6 Å². The molecule has 0 atom stereocenters. The molecule has 0 aliphatic carbocycles. The Labute approximate surface area is 170 Å². The lowest BCUT2D eigenvalue weighted by atomic mass is 10.1. The summed E-state index contributed by atoms with van der Waals surface area (Å²) in [5.41, 5.74) is 2.03. The molecule has 0 saturated heterocycles. The van der Waals surface area contributed by atoms with Crippen molar-refractivity contribution < 1.29 is 14.1 Å². The molecule has 2 aromatic heterocycles. The van der Waals surface area contributed by atoms with Gasteiger partial charge in [0.2, 0.25) is 0 Å². The quantitative estimate of drug-likeness (QED) is 0.283. The zero-order valence-electron chi connectivity index (χ0n) is 15.8. The van der Waals surface area contributed by atoms with Gasteiger partial charge in [-0.3, -0.25) is 9.36 Å². The maximum Gasteiger partial charge on any atom is 0.337 e. The summed E-state index contributed by atoms with van der Waals surface area (Å²) in [4.78, 5) is 29.8. The Kier molecular flexibility index (Phi) is 5.18. The second-order valence-corrected chi connectivity index (χ2v) is 7.25. The number of thioether (sulfide) groups is 1. The van der Waals surface area contributed by atoms with Crippen molar-refractivity contribution in [3.05, 3.63) is 82.0 Å². The summed E-state index contributed by atoms with van der Waals surface area (Å²) in [6, 6.07) is 15.9. The molecule has 0 bridgehead atoms. The van der Waals surface area contributed by atoms with Crippen LogP contribution in [0.2, 0.25) is 0 Å². The van der Waals surface area contributed by atoms with Crippen molar-refractivity contribution in [2.75, 3.05) is 7.11 Å². The first-order valence-electron chi connectivity index (χ1n) is 8.82. The number of fused-ring (bicyclic) bond motifs is 1. The zero-order chi connectivity index (χ0) is 20.4. The predicted octanol–water partition coefficient (Wildman–Crippen LogP) is 3.76. The number of ether oxygens (including phenoxy) is 1. The van der Waals surface area contributed by atoms with Crippen LogP contribution in [-0.4, -0.2) is 27.8 Å². The van der Waals surface area contributed by atoms with E-state index in [0.717, 1.165) is 11.5 Å². The van der Waals surface area contributed by atoms with Crippen LogP contribution in [0.3, 0.4) is 0 Å². The molecule has 7 nitrogen and oxygen atoms in total. The van der Waals surface area contributed by atoms with Crippen LogP contribution >= 0.6 is 11.8 Å². The molecule has 0 radical (unpaired) electrons. The van der Waals surface area contributed by atoms with Crippen molar-refractivity contribution in [3.8, 4) is 5.69 Å². The minimum absolute atomic E-state index is 0.212. The van der Waals surface area contributed by atoms with Crippen molar-refractivity contribution in [2.24, 2.45) is 0 Å². The van der Waals surface area contributed by atoms with Crippen molar-refractivity contribution in [1.29, 1.82) is 0 Å². The molecule has 2 heterocycles. The monoisotopic (exact) mass is 407 g/mol. The minimum atomic E-state index is -0.479. The number of carbonyl (C=O) groups excluding carboxylic acids is 1. The summed E-state index contributed by atoms with van der Waals surface area (Å²) in [6.07, 6.45) is 0. The van der Waals surface area contributed by atoms with Gasteiger partial charge in [-0.2, -0.15) is 0 Å². The van der Waals surface area contributed by atoms with Gasteiger partial charge in [0.25, 0.3) is 5.56 Å². The molecule has 29 heavy (non-hydrogen) atoms. The van der Waals surface area contributed by atoms with Crippen LogP contribution in [0.25, 0.3) is 16.6 Å². The van der Waals surface area contributed by atoms with Crippen LogP contribution in [-0.2, 0) is 10.5 Å². The van der Waals surface area contributed by atoms with Crippen LogP contribution in [0, 0.1) is 6.92 Å². The third kappa shape index (κ3) is 3.79. The summed E-state index contributed by atoms with van der Waals surface area (Å²) in [6.45, 7) is 1.82. The first-order chi connectivity index (χ1) is 14.1. The molecule has 0 spiro atoms. The Bertz CT molecular complexity index is 1250. The number of rotatable bonds is 5. The zero-order valence-corrected chi connectivity index (χ0v) is 16.6. The van der Waals surface area contributed by atoms with Gasteiger partial charge >= 0.3 is 5.97 Å². The second-order valence-electron chi connectivity index (χ2n) is 6.31. The fourth-order valence-electron chi connectivity index (χ4n) is 2.94. The van der Waals surface area contributed by atoms with Gasteiger partial charge in [0, 0.05) is 11.8 Å². The SMILES string of the molecule is COC(=O)c1ccc2c(=O)n(-c3ccccc3)c(SCc3cc(C)on3)nc2c1. The van der Waals surface area contributed by atoms with Crippen molar-refractivity contribution in [2.45, 2.75) is 17.8 Å². The molecule has 0 aliphatic heterocycles. The van der Waals surface area contributed by atoms with E-state index >= 15 is 0 Å². The van der Waals surface area contributed by atoms with Crippen LogP contribution in [0.5, 0.6) is 0 Å². The van der Waals surface area contributed by atoms with Gasteiger partial charge in [0.1, 0.15) is 5.76 Å². The van der Waals surface area contributed by atoms with Gasteiger partial charge < -0.3 is 9.26 Å². The lowest BCUT2D eigenvalue weighted by Gasteiger charge is -2.13. The molecule has 0 amide bonds. The van der Waals surface area contributed by atoms with Gasteiger partial charge in [-0.05, 0) is 37.3 Å². The van der Waals surface area contributed by atoms with E-state index < -0.39 is 5.97 Å². The highest BCUT2D eigenvalue weighted by atomic mass is 32.2. The Morgan fingerprint density at radius 3 is 2.66 bits per heavy atom. The number of carbonyl (C=O) groups is 1. The third-order valence-electron chi connectivity index (χ3n) is 4.30. The lowest BCUT2D eigenvalue weighted by Crippen LogP contribution is -2.22. The Balaban J connectivity index is 1.86. The number of hydrogen-bond acceptors (Lipinski definition) is 7. The van der Waals surface area contributed by atoms with Gasteiger partial charge in [0.05, 0.1) is 35.0 Å². The number of hydrogen-bond donors (Lipinski definition) is 0. The molecule has 146 valence electrons. The summed E-state index contributed by atoms with van der Waals surface area (Å²) in [5.74, 6) is 0.724. The van der Waals surface area contributed by atoms with Crippen LogP contribution < -0.4 is 5.56 Å². The van der Waals surface area contributed by atoms with E-state index in [4.69, 9.17) is 9.26 Å². The van der Waals surface area contributed by atoms with E-state index in [2.05, 4.69) is 10.1 Å². The largest absolute Gasteiger partial charge is 0.465 e. The van der Waals surface area contributed by atoms with E-state index in [-0.39, 0.29) is 5.56 Å². The van der Waals surface area contributed by atoms with Crippen molar-refractivity contribution in [1.82, 2.24) is 14.7 Å². The highest BCUT2D eigenvalue weighted by Gasteiger charge is 2.16. The number of aryl methyl sites for hydroxylation is 1. The molecular formula is C21H17N3O4S. The summed E-state index contributed by atoms with van der Waals surface area (Å²) >= 11 is 1.37. The molecule has 0 fully saturated rings. The van der Waals surface area contributed by atoms with Crippen LogP contribution in [0.4, 0.5) is 0 Å². The van der Waals surface area contributed by atoms with Crippen LogP contribution in [0.15, 0.2) is 69.1 Å². The Morgan fingerprint density at radius 1 is 1.17 bits per heavy atom. The maximum atomic E-state index is 13.3. The molecule has 0 unspecified atom stereocenters. The molecule has 4 rings (SSSR count). The fourth-order valence-corrected chi connectivity index (χ4v) is 3.83. The third-order valence-corrected chi connectivity index (χ3v) is 5.27. The highest BCUT2D eigenvalue weighted by Crippen LogP contribution is 2.25. The van der Waals surface area contributed by atoms with E-state index in [0.29, 0.717) is 33.1 Å². The smallest absolute Gasteiger partial charge is 0.337 e. The van der Waals surface area contributed by atoms with E-state index in [1.54, 1.807) is 22.8 Å². The molecule has 0 aliphatic rings. The van der Waals surface area contributed by atoms with Crippen LogP contribution in [0.1, 0.15) is 21.8 Å². The average molecular weight is 407 g/mol. The number of benzene rings is 2. The molecule has 0 saturated carbocycles. The van der Waals surface area contributed by atoms with E-state index in [1.807, 2.05) is 43.3 Å². The van der Waals surface area contributed by atoms with Gasteiger partial charge in [-0.25, -0.2) is 9.78 Å². The summed E-state index contributed by atoms with van der Waals surface area (Å²) in [7, 11) is 1.31. The van der Waals surface area contributed by atoms with Gasteiger partial charge in [0.15, 0.2) is 5.16 Å². The molecule has 8 heteroatoms. The molecule has 2 aromatic carbocycles. The minimum Gasteiger partial charge on any atom is -0.465 e. The number of esters is 1. The normalized spacial score (nSPS) is 11.0. The highest BCUT2D eigenvalue weighted by molar-refractivity contribution is 7.98. The van der Waals surface area contributed by atoms with E-state index in [9.17, 15) is 9.59 Å². The lowest BCUT2D eigenvalue weighted by molar-refractivity contribution is 0.0601. The number of para-hydroxylation sites is 1. The summed E-state index contributed by atoms with van der Waals surface area (Å²) in [5, 5.41) is 4.91. The summed E-state index contributed by atoms with van der Waals surface area (Å²) < 4.78 is 11.5. The molecule has 4 aromatic rings. The Hall–Kier alpha value is -3.39. The first-order valence-corrected chi connectivity index (χ1v) is 9.81.